The molecule has 0 bridgehead atoms. The van der Waals surface area contributed by atoms with E-state index in [0.717, 1.165) is 6.42 Å². The normalized spacial score (nSPS) is 19.3. The van der Waals surface area contributed by atoms with Gasteiger partial charge in [-0.1, -0.05) is 56.5 Å². The van der Waals surface area contributed by atoms with E-state index in [9.17, 15) is 5.11 Å². The van der Waals surface area contributed by atoms with E-state index in [1.165, 1.54) is 37.7 Å². The Morgan fingerprint density at radius 2 is 1.86 bits per heavy atom. The minimum Gasteiger partial charge on any atom is -0.389 e. The van der Waals surface area contributed by atoms with Gasteiger partial charge in [-0.2, -0.15) is 0 Å². The van der Waals surface area contributed by atoms with Gasteiger partial charge in [-0.15, -0.1) is 0 Å². The second-order valence-corrected chi connectivity index (χ2v) is 6.53. The second-order valence-electron chi connectivity index (χ2n) is 6.53. The van der Waals surface area contributed by atoms with Crippen molar-refractivity contribution in [3.8, 4) is 0 Å². The van der Waals surface area contributed by atoms with Gasteiger partial charge in [0.25, 0.3) is 0 Å². The van der Waals surface area contributed by atoms with Crippen LogP contribution in [0.15, 0.2) is 30.3 Å². The molecular weight excluding hydrogens is 274 g/mol. The Balaban J connectivity index is 1.75. The summed E-state index contributed by atoms with van der Waals surface area (Å²) < 4.78 is 5.95. The monoisotopic (exact) mass is 305 g/mol. The van der Waals surface area contributed by atoms with Crippen LogP contribution in [0.1, 0.15) is 57.1 Å². The molecule has 3 heteroatoms. The maximum Gasteiger partial charge on any atom is 0.0900 e. The van der Waals surface area contributed by atoms with E-state index in [4.69, 9.17) is 4.74 Å². The zero-order valence-corrected chi connectivity index (χ0v) is 14.1. The molecule has 1 aliphatic rings. The number of hydrogen-bond donors (Lipinski definition) is 1. The lowest BCUT2D eigenvalue weighted by Gasteiger charge is -2.32. The van der Waals surface area contributed by atoms with Crippen molar-refractivity contribution in [2.75, 3.05) is 20.2 Å². The summed E-state index contributed by atoms with van der Waals surface area (Å²) in [5, 5.41) is 10.3. The Hall–Kier alpha value is -0.900. The summed E-state index contributed by atoms with van der Waals surface area (Å²) in [6.45, 7) is 3.23. The molecule has 1 fully saturated rings. The number of nitrogens with zero attached hydrogens (tertiary/aromatic N) is 1. The van der Waals surface area contributed by atoms with Crippen molar-refractivity contribution in [3.63, 3.8) is 0 Å². The second kappa shape index (κ2) is 9.29. The molecule has 22 heavy (non-hydrogen) atoms. The summed E-state index contributed by atoms with van der Waals surface area (Å²) in [5.74, 6) is 0. The van der Waals surface area contributed by atoms with Crippen molar-refractivity contribution in [2.45, 2.75) is 63.7 Å². The minimum absolute atomic E-state index is 0.0795. The Morgan fingerprint density at radius 1 is 1.18 bits per heavy atom. The molecule has 0 aromatic heterocycles. The third kappa shape index (κ3) is 5.38. The van der Waals surface area contributed by atoms with Crippen LogP contribution in [-0.4, -0.2) is 42.4 Å². The molecule has 0 amide bonds. The van der Waals surface area contributed by atoms with Gasteiger partial charge in [-0.3, -0.25) is 0 Å². The van der Waals surface area contributed by atoms with Crippen molar-refractivity contribution in [2.24, 2.45) is 0 Å². The van der Waals surface area contributed by atoms with Gasteiger partial charge < -0.3 is 14.7 Å². The van der Waals surface area contributed by atoms with Crippen molar-refractivity contribution in [3.05, 3.63) is 35.9 Å². The number of aliphatic hydroxyl groups excluding tert-OH is 1. The maximum atomic E-state index is 10.3. The lowest BCUT2D eigenvalue weighted by molar-refractivity contribution is -0.0264. The third-order valence-corrected chi connectivity index (χ3v) is 4.73. The fourth-order valence-corrected chi connectivity index (χ4v) is 3.40. The Labute approximate surface area is 135 Å². The van der Waals surface area contributed by atoms with E-state index in [-0.39, 0.29) is 6.10 Å². The first-order valence-electron chi connectivity index (χ1n) is 8.75. The lowest BCUT2D eigenvalue weighted by atomic mass is 9.94. The average Bonchev–Trinajstić information content (AvgIpc) is 2.57. The maximum absolute atomic E-state index is 10.3. The Bertz CT molecular complexity index is 403. The number of likely N-dealkylation sites (N-methyl/N-ethyl adjacent to an activating group) is 1. The molecule has 1 saturated carbocycles. The molecule has 1 N–H and O–H groups in total. The predicted octanol–water partition coefficient (Wildman–Crippen LogP) is 3.78. The number of hydrogen-bond acceptors (Lipinski definition) is 3. The molecule has 124 valence electrons. The van der Waals surface area contributed by atoms with Crippen LogP contribution in [0.2, 0.25) is 0 Å². The van der Waals surface area contributed by atoms with Crippen LogP contribution in [0.3, 0.4) is 0 Å². The highest BCUT2D eigenvalue weighted by atomic mass is 16.5. The van der Waals surface area contributed by atoms with Crippen molar-refractivity contribution < 1.29 is 9.84 Å². The number of aliphatic hydroxyl groups is 1. The fraction of sp³-hybridized carbons (Fsp3) is 0.684. The Morgan fingerprint density at radius 3 is 2.50 bits per heavy atom. The van der Waals surface area contributed by atoms with Gasteiger partial charge in [0, 0.05) is 12.6 Å². The zero-order chi connectivity index (χ0) is 15.8. The smallest absolute Gasteiger partial charge is 0.0900 e. The highest BCUT2D eigenvalue weighted by Gasteiger charge is 2.20. The molecule has 0 heterocycles. The highest BCUT2D eigenvalue weighted by Crippen LogP contribution is 2.23. The van der Waals surface area contributed by atoms with E-state index in [1.807, 2.05) is 18.2 Å². The van der Waals surface area contributed by atoms with Gasteiger partial charge in [0.05, 0.1) is 18.8 Å². The summed E-state index contributed by atoms with van der Waals surface area (Å²) in [5.41, 5.74) is 1.19. The standard InChI is InChI=1S/C19H31NO2/c1-3-19(16-10-6-4-7-11-16)22-15-18(21)14-20(2)17-12-8-5-9-13-17/h4,6-7,10-11,17-19,21H,3,5,8-9,12-15H2,1-2H3. The zero-order valence-electron chi connectivity index (χ0n) is 14.1. The van der Waals surface area contributed by atoms with Crippen molar-refractivity contribution in [1.82, 2.24) is 4.90 Å². The average molecular weight is 305 g/mol. The van der Waals surface area contributed by atoms with Gasteiger partial charge in [0.2, 0.25) is 0 Å². The van der Waals surface area contributed by atoms with Crippen LogP contribution < -0.4 is 0 Å². The molecular formula is C19H31NO2. The molecule has 0 radical (unpaired) electrons. The number of rotatable bonds is 8. The van der Waals surface area contributed by atoms with Gasteiger partial charge in [-0.05, 0) is 31.9 Å². The molecule has 1 aliphatic carbocycles. The van der Waals surface area contributed by atoms with Crippen LogP contribution in [0.5, 0.6) is 0 Å². The molecule has 1 aromatic rings. The Kier molecular flexibility index (Phi) is 7.37. The first-order valence-corrected chi connectivity index (χ1v) is 8.75. The molecule has 2 atom stereocenters. The molecule has 0 spiro atoms. The predicted molar refractivity (Wildman–Crippen MR) is 90.9 cm³/mol. The molecule has 3 nitrogen and oxygen atoms in total. The SMILES string of the molecule is CCC(OCC(O)CN(C)C1CCCCC1)c1ccccc1. The summed E-state index contributed by atoms with van der Waals surface area (Å²) >= 11 is 0. The van der Waals surface area contributed by atoms with E-state index in [0.29, 0.717) is 19.2 Å². The van der Waals surface area contributed by atoms with Crippen LogP contribution in [0.25, 0.3) is 0 Å². The van der Waals surface area contributed by atoms with E-state index >= 15 is 0 Å². The molecule has 0 saturated heterocycles. The minimum atomic E-state index is -0.412. The first kappa shape index (κ1) is 17.5. The quantitative estimate of drug-likeness (QED) is 0.793. The number of benzene rings is 1. The van der Waals surface area contributed by atoms with Crippen molar-refractivity contribution >= 4 is 0 Å². The summed E-state index contributed by atoms with van der Waals surface area (Å²) in [7, 11) is 2.13. The van der Waals surface area contributed by atoms with Crippen LogP contribution in [0.4, 0.5) is 0 Å². The fourth-order valence-electron chi connectivity index (χ4n) is 3.40. The topological polar surface area (TPSA) is 32.7 Å². The molecule has 1 aromatic carbocycles. The molecule has 2 unspecified atom stereocenters. The molecule has 0 aliphatic heterocycles. The largest absolute Gasteiger partial charge is 0.389 e. The lowest BCUT2D eigenvalue weighted by Crippen LogP contribution is -2.40. The van der Waals surface area contributed by atoms with E-state index in [2.05, 4.69) is 31.0 Å². The molecule has 2 rings (SSSR count). The van der Waals surface area contributed by atoms with Crippen LogP contribution in [-0.2, 0) is 4.74 Å². The van der Waals surface area contributed by atoms with Gasteiger partial charge in [0.15, 0.2) is 0 Å². The van der Waals surface area contributed by atoms with Crippen LogP contribution in [0, 0.1) is 0 Å². The van der Waals surface area contributed by atoms with E-state index in [1.54, 1.807) is 0 Å². The number of ether oxygens (including phenoxy) is 1. The van der Waals surface area contributed by atoms with Gasteiger partial charge >= 0.3 is 0 Å². The summed E-state index contributed by atoms with van der Waals surface area (Å²) in [4.78, 5) is 2.32. The van der Waals surface area contributed by atoms with E-state index < -0.39 is 6.10 Å². The van der Waals surface area contributed by atoms with Crippen molar-refractivity contribution in [1.29, 1.82) is 0 Å². The van der Waals surface area contributed by atoms with Gasteiger partial charge in [-0.25, -0.2) is 0 Å². The van der Waals surface area contributed by atoms with Crippen LogP contribution >= 0.6 is 0 Å². The summed E-state index contributed by atoms with van der Waals surface area (Å²) in [6.07, 6.45) is 7.15. The highest BCUT2D eigenvalue weighted by molar-refractivity contribution is 5.17. The summed E-state index contributed by atoms with van der Waals surface area (Å²) in [6, 6.07) is 10.9. The first-order chi connectivity index (χ1) is 10.7. The van der Waals surface area contributed by atoms with Gasteiger partial charge in [0.1, 0.15) is 0 Å². The third-order valence-electron chi connectivity index (χ3n) is 4.73.